The van der Waals surface area contributed by atoms with Crippen molar-refractivity contribution < 1.29 is 13.5 Å². The summed E-state index contributed by atoms with van der Waals surface area (Å²) in [5, 5.41) is 9.58. The highest BCUT2D eigenvalue weighted by molar-refractivity contribution is 7.90. The van der Waals surface area contributed by atoms with Crippen LogP contribution in [0, 0.1) is 0 Å². The van der Waals surface area contributed by atoms with E-state index >= 15 is 0 Å². The highest BCUT2D eigenvalue weighted by atomic mass is 32.2. The molecule has 0 fully saturated rings. The van der Waals surface area contributed by atoms with Gasteiger partial charge in [-0.2, -0.15) is 0 Å². The average Bonchev–Trinajstić information content (AvgIpc) is 2.00. The van der Waals surface area contributed by atoms with E-state index in [9.17, 15) is 13.5 Å². The van der Waals surface area contributed by atoms with E-state index in [1.807, 2.05) is 0 Å². The summed E-state index contributed by atoms with van der Waals surface area (Å²) in [4.78, 5) is 0.307. The average molecular weight is 228 g/mol. The smallest absolute Gasteiger partial charge is 0.175 e. The molecule has 0 heterocycles. The van der Waals surface area contributed by atoms with Crippen molar-refractivity contribution in [2.24, 2.45) is 0 Å². The molecule has 15 heavy (non-hydrogen) atoms. The largest absolute Gasteiger partial charge is 0.390 e. The summed E-state index contributed by atoms with van der Waals surface area (Å²) in [5.74, 6) is 0. The zero-order valence-corrected chi connectivity index (χ0v) is 10.0. The topological polar surface area (TPSA) is 54.4 Å². The SMILES string of the molecule is CC(C)(O)Cc1ccc(S(C)(=O)=O)cc1. The fourth-order valence-electron chi connectivity index (χ4n) is 1.35. The lowest BCUT2D eigenvalue weighted by molar-refractivity contribution is 0.0810. The molecule has 84 valence electrons. The normalized spacial score (nSPS) is 12.8. The molecule has 0 spiro atoms. The molecule has 0 aliphatic carbocycles. The molecule has 0 saturated heterocycles. The van der Waals surface area contributed by atoms with Crippen LogP contribution < -0.4 is 0 Å². The van der Waals surface area contributed by atoms with Crippen LogP contribution in [0.4, 0.5) is 0 Å². The molecule has 0 amide bonds. The second-order valence-corrected chi connectivity index (χ2v) is 6.42. The molecule has 0 aromatic heterocycles. The molecule has 1 N–H and O–H groups in total. The van der Waals surface area contributed by atoms with E-state index in [1.54, 1.807) is 38.1 Å². The van der Waals surface area contributed by atoms with Crippen LogP contribution in [0.3, 0.4) is 0 Å². The Bertz CT molecular complexity index is 424. The maximum Gasteiger partial charge on any atom is 0.175 e. The van der Waals surface area contributed by atoms with Gasteiger partial charge in [0.2, 0.25) is 0 Å². The Morgan fingerprint density at radius 2 is 1.67 bits per heavy atom. The molecule has 0 aliphatic rings. The van der Waals surface area contributed by atoms with E-state index in [-0.39, 0.29) is 0 Å². The van der Waals surface area contributed by atoms with Crippen LogP contribution >= 0.6 is 0 Å². The van der Waals surface area contributed by atoms with E-state index < -0.39 is 15.4 Å². The van der Waals surface area contributed by atoms with Gasteiger partial charge in [-0.1, -0.05) is 12.1 Å². The Labute approximate surface area is 90.7 Å². The summed E-state index contributed by atoms with van der Waals surface area (Å²) >= 11 is 0. The van der Waals surface area contributed by atoms with Gasteiger partial charge in [-0.3, -0.25) is 0 Å². The van der Waals surface area contributed by atoms with Gasteiger partial charge in [-0.15, -0.1) is 0 Å². The molecular weight excluding hydrogens is 212 g/mol. The van der Waals surface area contributed by atoms with Crippen LogP contribution in [-0.2, 0) is 16.3 Å². The lowest BCUT2D eigenvalue weighted by Gasteiger charge is -2.16. The molecule has 0 radical (unpaired) electrons. The van der Waals surface area contributed by atoms with Crippen molar-refractivity contribution in [2.45, 2.75) is 30.8 Å². The van der Waals surface area contributed by atoms with Crippen LogP contribution in [0.25, 0.3) is 0 Å². The van der Waals surface area contributed by atoms with Gasteiger partial charge in [0.1, 0.15) is 0 Å². The fourth-order valence-corrected chi connectivity index (χ4v) is 1.98. The summed E-state index contributed by atoms with van der Waals surface area (Å²) < 4.78 is 22.4. The lowest BCUT2D eigenvalue weighted by atomic mass is 9.99. The van der Waals surface area contributed by atoms with Gasteiger partial charge in [0, 0.05) is 12.7 Å². The Hall–Kier alpha value is -0.870. The summed E-state index contributed by atoms with van der Waals surface area (Å²) in [7, 11) is -3.13. The van der Waals surface area contributed by atoms with E-state index in [0.717, 1.165) is 5.56 Å². The second-order valence-electron chi connectivity index (χ2n) is 4.41. The molecule has 4 heteroatoms. The van der Waals surface area contributed by atoms with Gasteiger partial charge < -0.3 is 5.11 Å². The van der Waals surface area contributed by atoms with Crippen LogP contribution in [0.1, 0.15) is 19.4 Å². The van der Waals surface area contributed by atoms with Gasteiger partial charge in [0.15, 0.2) is 9.84 Å². The minimum atomic E-state index is -3.13. The first kappa shape index (κ1) is 12.2. The summed E-state index contributed by atoms with van der Waals surface area (Å²) in [6, 6.07) is 6.59. The second kappa shape index (κ2) is 3.94. The van der Waals surface area contributed by atoms with Gasteiger partial charge in [0.05, 0.1) is 10.5 Å². The standard InChI is InChI=1S/C11H16O3S/c1-11(2,12)8-9-4-6-10(7-5-9)15(3,13)14/h4-7,12H,8H2,1-3H3. The molecule has 0 saturated carbocycles. The lowest BCUT2D eigenvalue weighted by Crippen LogP contribution is -2.21. The Kier molecular flexibility index (Phi) is 3.21. The minimum Gasteiger partial charge on any atom is -0.390 e. The third-order valence-electron chi connectivity index (χ3n) is 1.99. The van der Waals surface area contributed by atoms with Crippen molar-refractivity contribution in [3.8, 4) is 0 Å². The van der Waals surface area contributed by atoms with Crippen molar-refractivity contribution in [3.05, 3.63) is 29.8 Å². The van der Waals surface area contributed by atoms with Crippen molar-refractivity contribution >= 4 is 9.84 Å². The molecular formula is C11H16O3S. The first-order chi connectivity index (χ1) is 6.68. The Morgan fingerprint density at radius 3 is 2.00 bits per heavy atom. The van der Waals surface area contributed by atoms with Gasteiger partial charge >= 0.3 is 0 Å². The maximum absolute atomic E-state index is 11.2. The Balaban J connectivity index is 2.92. The third kappa shape index (κ3) is 4.01. The van der Waals surface area contributed by atoms with E-state index in [1.165, 1.54) is 6.26 Å². The van der Waals surface area contributed by atoms with Gasteiger partial charge in [-0.05, 0) is 31.5 Å². The summed E-state index contributed by atoms with van der Waals surface area (Å²) in [6.45, 7) is 3.44. The van der Waals surface area contributed by atoms with Gasteiger partial charge in [-0.25, -0.2) is 8.42 Å². The zero-order valence-electron chi connectivity index (χ0n) is 9.19. The number of sulfone groups is 1. The molecule has 3 nitrogen and oxygen atoms in total. The molecule has 0 bridgehead atoms. The number of aliphatic hydroxyl groups is 1. The number of rotatable bonds is 3. The predicted molar refractivity (Wildman–Crippen MR) is 59.6 cm³/mol. The monoisotopic (exact) mass is 228 g/mol. The third-order valence-corrected chi connectivity index (χ3v) is 3.12. The molecule has 1 rings (SSSR count). The van der Waals surface area contributed by atoms with Gasteiger partial charge in [0.25, 0.3) is 0 Å². The van der Waals surface area contributed by atoms with Crippen LogP contribution in [0.5, 0.6) is 0 Å². The fraction of sp³-hybridized carbons (Fsp3) is 0.455. The number of benzene rings is 1. The summed E-state index contributed by atoms with van der Waals surface area (Å²) in [5.41, 5.74) is 0.155. The number of hydrogen-bond acceptors (Lipinski definition) is 3. The molecule has 0 unspecified atom stereocenters. The van der Waals surface area contributed by atoms with E-state index in [2.05, 4.69) is 0 Å². The van der Waals surface area contributed by atoms with Crippen LogP contribution in [0.15, 0.2) is 29.2 Å². The quantitative estimate of drug-likeness (QED) is 0.851. The predicted octanol–water partition coefficient (Wildman–Crippen LogP) is 1.40. The minimum absolute atomic E-state index is 0.307. The van der Waals surface area contributed by atoms with Crippen molar-refractivity contribution in [3.63, 3.8) is 0 Å². The number of hydrogen-bond donors (Lipinski definition) is 1. The molecule has 0 aliphatic heterocycles. The van der Waals surface area contributed by atoms with Crippen molar-refractivity contribution in [1.29, 1.82) is 0 Å². The molecule has 1 aromatic rings. The van der Waals surface area contributed by atoms with Crippen LogP contribution in [-0.4, -0.2) is 25.4 Å². The highest BCUT2D eigenvalue weighted by Gasteiger charge is 2.14. The summed E-state index contributed by atoms with van der Waals surface area (Å²) in [6.07, 6.45) is 1.69. The van der Waals surface area contributed by atoms with E-state index in [0.29, 0.717) is 11.3 Å². The zero-order chi connectivity index (χ0) is 11.7. The van der Waals surface area contributed by atoms with E-state index in [4.69, 9.17) is 0 Å². The maximum atomic E-state index is 11.2. The Morgan fingerprint density at radius 1 is 1.20 bits per heavy atom. The molecule has 1 aromatic carbocycles. The molecule has 0 atom stereocenters. The first-order valence-electron chi connectivity index (χ1n) is 4.70. The van der Waals surface area contributed by atoms with Crippen molar-refractivity contribution in [2.75, 3.05) is 6.26 Å². The van der Waals surface area contributed by atoms with Crippen LogP contribution in [0.2, 0.25) is 0 Å². The highest BCUT2D eigenvalue weighted by Crippen LogP contribution is 2.15. The van der Waals surface area contributed by atoms with Crippen molar-refractivity contribution in [1.82, 2.24) is 0 Å². The first-order valence-corrected chi connectivity index (χ1v) is 6.59.